The molecule has 1 unspecified atom stereocenters. The van der Waals surface area contributed by atoms with Crippen LogP contribution in [0.2, 0.25) is 0 Å². The van der Waals surface area contributed by atoms with Crippen molar-refractivity contribution in [3.05, 3.63) is 54.1 Å². The van der Waals surface area contributed by atoms with Crippen LogP contribution in [0.25, 0.3) is 0 Å². The van der Waals surface area contributed by atoms with Crippen molar-refractivity contribution in [1.82, 2.24) is 10.2 Å². The molecule has 1 heterocycles. The Kier molecular flexibility index (Phi) is 6.76. The summed E-state index contributed by atoms with van der Waals surface area (Å²) in [6.07, 6.45) is 0.803. The van der Waals surface area contributed by atoms with Gasteiger partial charge in [0.2, 0.25) is 5.91 Å². The third-order valence-electron chi connectivity index (χ3n) is 5.33. The van der Waals surface area contributed by atoms with Crippen molar-refractivity contribution in [3.63, 3.8) is 0 Å². The molecular weight excluding hydrogens is 354 g/mol. The number of phenols is 1. The van der Waals surface area contributed by atoms with Gasteiger partial charge in [-0.25, -0.2) is 0 Å². The van der Waals surface area contributed by atoms with E-state index in [-0.39, 0.29) is 17.7 Å². The number of carbonyl (C=O) groups is 1. The molecule has 6 heteroatoms. The van der Waals surface area contributed by atoms with E-state index < -0.39 is 0 Å². The molecule has 0 aliphatic carbocycles. The Bertz CT molecular complexity index is 754. The number of methoxy groups -OCH3 is 1. The number of nitrogens with zero attached hydrogens (tertiary/aromatic N) is 2. The van der Waals surface area contributed by atoms with Crippen molar-refractivity contribution in [3.8, 4) is 11.5 Å². The third kappa shape index (κ3) is 5.16. The van der Waals surface area contributed by atoms with Crippen LogP contribution in [0.15, 0.2) is 48.5 Å². The standard InChI is InChI=1S/C22H29N3O3/c1-17(22(27)23-12-11-18-3-9-21(28-2)10-4-18)24-13-15-25(16-14-24)19-5-7-20(26)8-6-19/h3-10,17,26H,11-16H2,1-2H3,(H,23,27). The Morgan fingerprint density at radius 1 is 1.07 bits per heavy atom. The van der Waals surface area contributed by atoms with Gasteiger partial charge < -0.3 is 20.1 Å². The highest BCUT2D eigenvalue weighted by atomic mass is 16.5. The number of carbonyl (C=O) groups excluding carboxylic acids is 1. The minimum atomic E-state index is -0.141. The largest absolute Gasteiger partial charge is 0.508 e. The summed E-state index contributed by atoms with van der Waals surface area (Å²) in [7, 11) is 1.65. The zero-order valence-electron chi connectivity index (χ0n) is 16.6. The summed E-state index contributed by atoms with van der Waals surface area (Å²) in [5.41, 5.74) is 2.28. The van der Waals surface area contributed by atoms with Gasteiger partial charge in [0.25, 0.3) is 0 Å². The summed E-state index contributed by atoms with van der Waals surface area (Å²) in [6.45, 7) is 6.02. The van der Waals surface area contributed by atoms with Crippen LogP contribution in [-0.4, -0.2) is 61.8 Å². The number of aromatic hydroxyl groups is 1. The zero-order chi connectivity index (χ0) is 19.9. The highest BCUT2D eigenvalue weighted by molar-refractivity contribution is 5.81. The van der Waals surface area contributed by atoms with Gasteiger partial charge in [-0.2, -0.15) is 0 Å². The van der Waals surface area contributed by atoms with Crippen molar-refractivity contribution in [1.29, 1.82) is 0 Å². The molecule has 1 amide bonds. The molecule has 1 saturated heterocycles. The van der Waals surface area contributed by atoms with E-state index >= 15 is 0 Å². The van der Waals surface area contributed by atoms with Crippen molar-refractivity contribution in [2.24, 2.45) is 0 Å². The molecule has 0 saturated carbocycles. The molecule has 1 fully saturated rings. The zero-order valence-corrected chi connectivity index (χ0v) is 16.6. The van der Waals surface area contributed by atoms with Crippen LogP contribution in [0.1, 0.15) is 12.5 Å². The van der Waals surface area contributed by atoms with E-state index in [1.54, 1.807) is 19.2 Å². The Balaban J connectivity index is 1.41. The first-order valence-electron chi connectivity index (χ1n) is 9.75. The molecule has 1 aliphatic rings. The second kappa shape index (κ2) is 9.46. The van der Waals surface area contributed by atoms with Gasteiger partial charge >= 0.3 is 0 Å². The number of amides is 1. The van der Waals surface area contributed by atoms with Crippen LogP contribution in [0.3, 0.4) is 0 Å². The molecule has 28 heavy (non-hydrogen) atoms. The number of benzene rings is 2. The van der Waals surface area contributed by atoms with Crippen molar-refractivity contribution >= 4 is 11.6 Å². The van der Waals surface area contributed by atoms with Crippen LogP contribution in [-0.2, 0) is 11.2 Å². The lowest BCUT2D eigenvalue weighted by atomic mass is 10.1. The quantitative estimate of drug-likeness (QED) is 0.768. The molecule has 0 radical (unpaired) electrons. The number of piperazine rings is 1. The Morgan fingerprint density at radius 3 is 2.32 bits per heavy atom. The average molecular weight is 383 g/mol. The average Bonchev–Trinajstić information content (AvgIpc) is 2.74. The topological polar surface area (TPSA) is 65.0 Å². The lowest BCUT2D eigenvalue weighted by molar-refractivity contribution is -0.125. The van der Waals surface area contributed by atoms with Gasteiger partial charge in [-0.3, -0.25) is 9.69 Å². The monoisotopic (exact) mass is 383 g/mol. The maximum Gasteiger partial charge on any atom is 0.237 e. The number of hydrogen-bond donors (Lipinski definition) is 2. The van der Waals surface area contributed by atoms with Crippen LogP contribution in [0.5, 0.6) is 11.5 Å². The molecule has 150 valence electrons. The van der Waals surface area contributed by atoms with E-state index in [9.17, 15) is 9.90 Å². The molecule has 6 nitrogen and oxygen atoms in total. The number of nitrogens with one attached hydrogen (secondary N) is 1. The lowest BCUT2D eigenvalue weighted by Crippen LogP contribution is -2.54. The number of phenolic OH excluding ortho intramolecular Hbond substituents is 1. The number of rotatable bonds is 7. The normalized spacial score (nSPS) is 15.9. The van der Waals surface area contributed by atoms with E-state index in [0.29, 0.717) is 6.54 Å². The minimum Gasteiger partial charge on any atom is -0.508 e. The summed E-state index contributed by atoms with van der Waals surface area (Å²) in [4.78, 5) is 17.0. The van der Waals surface area contributed by atoms with Crippen molar-refractivity contribution in [2.75, 3.05) is 44.7 Å². The maximum atomic E-state index is 12.5. The second-order valence-electron chi connectivity index (χ2n) is 7.10. The first kappa shape index (κ1) is 20.0. The van der Waals surface area contributed by atoms with Gasteiger partial charge in [-0.1, -0.05) is 12.1 Å². The molecule has 2 N–H and O–H groups in total. The molecule has 3 rings (SSSR count). The SMILES string of the molecule is COc1ccc(CCNC(=O)C(C)N2CCN(c3ccc(O)cc3)CC2)cc1. The van der Waals surface area contributed by atoms with Crippen molar-refractivity contribution in [2.45, 2.75) is 19.4 Å². The Labute approximate surface area is 166 Å². The summed E-state index contributed by atoms with van der Waals surface area (Å²) < 4.78 is 5.16. The lowest BCUT2D eigenvalue weighted by Gasteiger charge is -2.38. The summed E-state index contributed by atoms with van der Waals surface area (Å²) in [6, 6.07) is 15.1. The molecular formula is C22H29N3O3. The molecule has 2 aromatic carbocycles. The molecule has 2 aromatic rings. The van der Waals surface area contributed by atoms with Crippen LogP contribution < -0.4 is 15.0 Å². The Hall–Kier alpha value is -2.73. The van der Waals surface area contributed by atoms with Gasteiger partial charge in [-0.15, -0.1) is 0 Å². The first-order valence-corrected chi connectivity index (χ1v) is 9.75. The first-order chi connectivity index (χ1) is 13.6. The van der Waals surface area contributed by atoms with Crippen LogP contribution >= 0.6 is 0 Å². The smallest absolute Gasteiger partial charge is 0.237 e. The van der Waals surface area contributed by atoms with Gasteiger partial charge in [-0.05, 0) is 55.3 Å². The minimum absolute atomic E-state index is 0.0756. The van der Waals surface area contributed by atoms with Crippen LogP contribution in [0, 0.1) is 0 Å². The fourth-order valence-corrected chi connectivity index (χ4v) is 3.47. The van der Waals surface area contributed by atoms with Crippen LogP contribution in [0.4, 0.5) is 5.69 Å². The predicted octanol–water partition coefficient (Wildman–Crippen LogP) is 2.27. The number of hydrogen-bond acceptors (Lipinski definition) is 5. The van der Waals surface area contributed by atoms with Crippen molar-refractivity contribution < 1.29 is 14.6 Å². The molecule has 0 bridgehead atoms. The fraction of sp³-hybridized carbons (Fsp3) is 0.409. The highest BCUT2D eigenvalue weighted by Crippen LogP contribution is 2.20. The van der Waals surface area contributed by atoms with Gasteiger partial charge in [0.15, 0.2) is 0 Å². The van der Waals surface area contributed by atoms with E-state index in [1.807, 2.05) is 43.3 Å². The van der Waals surface area contributed by atoms with Gasteiger partial charge in [0, 0.05) is 38.4 Å². The molecule has 1 aliphatic heterocycles. The predicted molar refractivity (Wildman–Crippen MR) is 111 cm³/mol. The highest BCUT2D eigenvalue weighted by Gasteiger charge is 2.25. The van der Waals surface area contributed by atoms with E-state index in [0.717, 1.165) is 44.0 Å². The summed E-state index contributed by atoms with van der Waals surface area (Å²) in [5, 5.41) is 12.5. The molecule has 0 spiro atoms. The van der Waals surface area contributed by atoms with Gasteiger partial charge in [0.05, 0.1) is 13.2 Å². The summed E-state index contributed by atoms with van der Waals surface area (Å²) in [5.74, 6) is 1.20. The van der Waals surface area contributed by atoms with Gasteiger partial charge in [0.1, 0.15) is 11.5 Å². The number of ether oxygens (including phenoxy) is 1. The second-order valence-corrected chi connectivity index (χ2v) is 7.10. The number of anilines is 1. The summed E-state index contributed by atoms with van der Waals surface area (Å²) >= 11 is 0. The van der Waals surface area contributed by atoms with E-state index in [1.165, 1.54) is 5.56 Å². The van der Waals surface area contributed by atoms with E-state index in [2.05, 4.69) is 15.1 Å². The molecule has 0 aromatic heterocycles. The third-order valence-corrected chi connectivity index (χ3v) is 5.33. The maximum absolute atomic E-state index is 12.5. The van der Waals surface area contributed by atoms with E-state index in [4.69, 9.17) is 4.74 Å². The molecule has 1 atom stereocenters. The fourth-order valence-electron chi connectivity index (χ4n) is 3.47. The Morgan fingerprint density at radius 2 is 1.71 bits per heavy atom.